The summed E-state index contributed by atoms with van der Waals surface area (Å²) in [5.41, 5.74) is 1.83. The van der Waals surface area contributed by atoms with Crippen LogP contribution in [0.3, 0.4) is 0 Å². The number of carbonyl (C=O) groups excluding carboxylic acids is 2. The van der Waals surface area contributed by atoms with Crippen molar-refractivity contribution in [3.05, 3.63) is 35.4 Å². The van der Waals surface area contributed by atoms with Crippen LogP contribution in [-0.4, -0.2) is 53.8 Å². The molecule has 1 heterocycles. The van der Waals surface area contributed by atoms with E-state index in [0.717, 1.165) is 26.1 Å². The van der Waals surface area contributed by atoms with E-state index < -0.39 is 6.04 Å². The van der Waals surface area contributed by atoms with Crippen molar-refractivity contribution in [2.45, 2.75) is 39.8 Å². The number of nitriles is 1. The summed E-state index contributed by atoms with van der Waals surface area (Å²) in [6, 6.07) is 9.31. The molecule has 2 amide bonds. The number of hydrogen-bond acceptors (Lipinski definition) is 4. The van der Waals surface area contributed by atoms with Crippen LogP contribution in [0.2, 0.25) is 0 Å². The van der Waals surface area contributed by atoms with Crippen molar-refractivity contribution in [2.24, 2.45) is 5.92 Å². The number of carbonyl (C=O) groups is 2. The molecule has 140 valence electrons. The van der Waals surface area contributed by atoms with Gasteiger partial charge in [0.25, 0.3) is 0 Å². The molecule has 1 N–H and O–H groups in total. The highest BCUT2D eigenvalue weighted by molar-refractivity contribution is 5.87. The summed E-state index contributed by atoms with van der Waals surface area (Å²) >= 11 is 0. The smallest absolute Gasteiger partial charge is 0.245 e. The highest BCUT2D eigenvalue weighted by Gasteiger charge is 2.29. The van der Waals surface area contributed by atoms with Gasteiger partial charge in [-0.05, 0) is 30.0 Å². The van der Waals surface area contributed by atoms with Crippen LogP contribution in [0.15, 0.2) is 24.3 Å². The van der Waals surface area contributed by atoms with Gasteiger partial charge in [-0.1, -0.05) is 26.0 Å². The highest BCUT2D eigenvalue weighted by atomic mass is 16.2. The van der Waals surface area contributed by atoms with Crippen molar-refractivity contribution in [3.8, 4) is 6.07 Å². The molecule has 6 nitrogen and oxygen atoms in total. The molecule has 1 aromatic carbocycles. The van der Waals surface area contributed by atoms with Crippen molar-refractivity contribution in [1.29, 1.82) is 5.26 Å². The Hall–Kier alpha value is -2.39. The Bertz CT molecular complexity index is 663. The van der Waals surface area contributed by atoms with Crippen molar-refractivity contribution in [1.82, 2.24) is 15.1 Å². The maximum absolute atomic E-state index is 12.8. The lowest BCUT2D eigenvalue weighted by Gasteiger charge is -2.28. The molecule has 1 aromatic rings. The number of nitrogens with zero attached hydrogens (tertiary/aromatic N) is 3. The lowest BCUT2D eigenvalue weighted by atomic mass is 10.0. The van der Waals surface area contributed by atoms with Crippen LogP contribution in [-0.2, 0) is 16.1 Å². The first-order chi connectivity index (χ1) is 12.4. The van der Waals surface area contributed by atoms with E-state index >= 15 is 0 Å². The van der Waals surface area contributed by atoms with E-state index in [2.05, 4.69) is 16.3 Å². The average Bonchev–Trinajstić information content (AvgIpc) is 2.85. The Morgan fingerprint density at radius 1 is 1.15 bits per heavy atom. The third-order valence-corrected chi connectivity index (χ3v) is 4.68. The second-order valence-electron chi connectivity index (χ2n) is 7.19. The first-order valence-electron chi connectivity index (χ1n) is 9.18. The maximum Gasteiger partial charge on any atom is 0.245 e. The topological polar surface area (TPSA) is 76.4 Å². The fourth-order valence-corrected chi connectivity index (χ4v) is 3.22. The molecule has 0 bridgehead atoms. The van der Waals surface area contributed by atoms with Crippen LogP contribution in [0.4, 0.5) is 0 Å². The van der Waals surface area contributed by atoms with Crippen LogP contribution in [0.25, 0.3) is 0 Å². The van der Waals surface area contributed by atoms with Crippen molar-refractivity contribution >= 4 is 11.8 Å². The summed E-state index contributed by atoms with van der Waals surface area (Å²) in [5.74, 6) is -0.103. The van der Waals surface area contributed by atoms with E-state index in [0.29, 0.717) is 18.7 Å². The maximum atomic E-state index is 12.8. The molecule has 1 fully saturated rings. The molecule has 0 aliphatic carbocycles. The molecular weight excluding hydrogens is 328 g/mol. The summed E-state index contributed by atoms with van der Waals surface area (Å²) in [4.78, 5) is 28.4. The van der Waals surface area contributed by atoms with E-state index in [1.54, 1.807) is 0 Å². The zero-order valence-electron chi connectivity index (χ0n) is 15.9. The summed E-state index contributed by atoms with van der Waals surface area (Å²) in [6.45, 7) is 9.27. The Labute approximate surface area is 155 Å². The number of hydrogen-bond donors (Lipinski definition) is 1. The molecule has 1 unspecified atom stereocenters. The molecule has 1 atom stereocenters. The lowest BCUT2D eigenvalue weighted by molar-refractivity contribution is -0.137. The summed E-state index contributed by atoms with van der Waals surface area (Å²) in [5, 5.41) is 11.7. The molecule has 1 aliphatic heterocycles. The van der Waals surface area contributed by atoms with Gasteiger partial charge in [-0.3, -0.25) is 14.5 Å². The Balaban J connectivity index is 1.94. The van der Waals surface area contributed by atoms with E-state index in [1.807, 2.05) is 43.0 Å². The van der Waals surface area contributed by atoms with Gasteiger partial charge in [-0.2, -0.15) is 5.26 Å². The zero-order chi connectivity index (χ0) is 19.1. The summed E-state index contributed by atoms with van der Waals surface area (Å²) in [6.07, 6.45) is 0.910. The quantitative estimate of drug-likeness (QED) is 0.872. The van der Waals surface area contributed by atoms with Gasteiger partial charge in [0.05, 0.1) is 11.6 Å². The van der Waals surface area contributed by atoms with Crippen LogP contribution < -0.4 is 5.32 Å². The second kappa shape index (κ2) is 9.35. The minimum Gasteiger partial charge on any atom is -0.344 e. The molecule has 26 heavy (non-hydrogen) atoms. The molecule has 0 saturated carbocycles. The molecule has 1 aliphatic rings. The Kier molecular flexibility index (Phi) is 7.16. The fraction of sp³-hybridized carbons (Fsp3) is 0.550. The molecular formula is C20H28N4O2. The number of amides is 2. The van der Waals surface area contributed by atoms with E-state index in [-0.39, 0.29) is 17.7 Å². The van der Waals surface area contributed by atoms with Gasteiger partial charge in [0.1, 0.15) is 6.04 Å². The van der Waals surface area contributed by atoms with Gasteiger partial charge in [-0.25, -0.2) is 0 Å². The molecule has 0 spiro atoms. The molecule has 0 radical (unpaired) electrons. The summed E-state index contributed by atoms with van der Waals surface area (Å²) < 4.78 is 0. The second-order valence-corrected chi connectivity index (χ2v) is 7.19. The Morgan fingerprint density at radius 3 is 2.42 bits per heavy atom. The van der Waals surface area contributed by atoms with Gasteiger partial charge >= 0.3 is 0 Å². The number of benzene rings is 1. The summed E-state index contributed by atoms with van der Waals surface area (Å²) in [7, 11) is 0. The first kappa shape index (κ1) is 19.9. The third-order valence-electron chi connectivity index (χ3n) is 4.68. The van der Waals surface area contributed by atoms with Gasteiger partial charge in [0.15, 0.2) is 0 Å². The molecule has 2 rings (SSSR count). The largest absolute Gasteiger partial charge is 0.344 e. The minimum absolute atomic E-state index is 0.00965. The minimum atomic E-state index is -0.461. The van der Waals surface area contributed by atoms with Gasteiger partial charge in [0.2, 0.25) is 11.8 Å². The monoisotopic (exact) mass is 356 g/mol. The van der Waals surface area contributed by atoms with Crippen LogP contribution in [0.5, 0.6) is 0 Å². The van der Waals surface area contributed by atoms with Crippen molar-refractivity contribution < 1.29 is 9.59 Å². The van der Waals surface area contributed by atoms with E-state index in [1.165, 1.54) is 12.5 Å². The SMILES string of the molecule is CC(=O)NC(C(=O)N1CCCN(Cc2ccc(C#N)cc2)CC1)C(C)C. The predicted octanol–water partition coefficient (Wildman–Crippen LogP) is 1.75. The van der Waals surface area contributed by atoms with Gasteiger partial charge < -0.3 is 10.2 Å². The predicted molar refractivity (Wildman–Crippen MR) is 100 cm³/mol. The van der Waals surface area contributed by atoms with Gasteiger partial charge in [0, 0.05) is 39.6 Å². The van der Waals surface area contributed by atoms with E-state index in [9.17, 15) is 9.59 Å². The molecule has 6 heteroatoms. The van der Waals surface area contributed by atoms with Crippen molar-refractivity contribution in [2.75, 3.05) is 26.2 Å². The van der Waals surface area contributed by atoms with E-state index in [4.69, 9.17) is 5.26 Å². The number of nitrogens with one attached hydrogen (secondary N) is 1. The molecule has 1 saturated heterocycles. The molecule has 0 aromatic heterocycles. The third kappa shape index (κ3) is 5.57. The highest BCUT2D eigenvalue weighted by Crippen LogP contribution is 2.13. The lowest BCUT2D eigenvalue weighted by Crippen LogP contribution is -2.51. The first-order valence-corrected chi connectivity index (χ1v) is 9.18. The van der Waals surface area contributed by atoms with Crippen LogP contribution >= 0.6 is 0 Å². The normalized spacial score (nSPS) is 16.7. The van der Waals surface area contributed by atoms with Crippen LogP contribution in [0, 0.1) is 17.2 Å². The standard InChI is InChI=1S/C20H28N4O2/c1-15(2)19(22-16(3)25)20(26)24-10-4-9-23(11-12-24)14-18-7-5-17(13-21)6-8-18/h5-8,15,19H,4,9-12,14H2,1-3H3,(H,22,25). The fourth-order valence-electron chi connectivity index (χ4n) is 3.22. The zero-order valence-corrected chi connectivity index (χ0v) is 15.9. The van der Waals surface area contributed by atoms with Crippen molar-refractivity contribution in [3.63, 3.8) is 0 Å². The van der Waals surface area contributed by atoms with Gasteiger partial charge in [-0.15, -0.1) is 0 Å². The van der Waals surface area contributed by atoms with Crippen LogP contribution in [0.1, 0.15) is 38.3 Å². The number of rotatable bonds is 5. The Morgan fingerprint density at radius 2 is 1.85 bits per heavy atom. The average molecular weight is 356 g/mol.